The first-order valence-corrected chi connectivity index (χ1v) is 9.16. The highest BCUT2D eigenvalue weighted by Gasteiger charge is 2.18. The van der Waals surface area contributed by atoms with Crippen molar-refractivity contribution in [1.29, 1.82) is 0 Å². The SMILES string of the molecule is O=C(NCC[C@H]1CCO1)c1ccc2c(c1)ncn2Cc1ccc(Cl)cc1. The van der Waals surface area contributed by atoms with Crippen LogP contribution in [-0.4, -0.2) is 34.7 Å². The zero-order chi connectivity index (χ0) is 17.9. The summed E-state index contributed by atoms with van der Waals surface area (Å²) in [5.41, 5.74) is 3.59. The molecule has 5 nitrogen and oxygen atoms in total. The van der Waals surface area contributed by atoms with E-state index in [4.69, 9.17) is 16.3 Å². The van der Waals surface area contributed by atoms with Gasteiger partial charge in [0.25, 0.3) is 5.91 Å². The number of hydrogen-bond acceptors (Lipinski definition) is 3. The van der Waals surface area contributed by atoms with Crippen LogP contribution in [0.5, 0.6) is 0 Å². The number of ether oxygens (including phenoxy) is 1. The molecule has 0 radical (unpaired) electrons. The molecule has 0 spiro atoms. The van der Waals surface area contributed by atoms with Crippen molar-refractivity contribution in [3.05, 3.63) is 64.9 Å². The van der Waals surface area contributed by atoms with Crippen LogP contribution < -0.4 is 5.32 Å². The second kappa shape index (κ2) is 7.48. The van der Waals surface area contributed by atoms with E-state index in [1.807, 2.05) is 42.5 Å². The van der Waals surface area contributed by atoms with Gasteiger partial charge in [0.15, 0.2) is 0 Å². The van der Waals surface area contributed by atoms with Gasteiger partial charge in [0.2, 0.25) is 0 Å². The minimum atomic E-state index is -0.0709. The number of aromatic nitrogens is 2. The van der Waals surface area contributed by atoms with Crippen molar-refractivity contribution in [2.75, 3.05) is 13.2 Å². The molecule has 1 fully saturated rings. The minimum Gasteiger partial charge on any atom is -0.378 e. The normalized spacial score (nSPS) is 16.4. The summed E-state index contributed by atoms with van der Waals surface area (Å²) in [6.07, 6.45) is 4.06. The third-order valence-electron chi connectivity index (χ3n) is 4.69. The van der Waals surface area contributed by atoms with E-state index in [0.29, 0.717) is 24.8 Å². The molecule has 0 bridgehead atoms. The Morgan fingerprint density at radius 2 is 2.08 bits per heavy atom. The highest BCUT2D eigenvalue weighted by atomic mass is 35.5. The Morgan fingerprint density at radius 1 is 1.27 bits per heavy atom. The lowest BCUT2D eigenvalue weighted by Crippen LogP contribution is -2.33. The molecule has 6 heteroatoms. The largest absolute Gasteiger partial charge is 0.378 e. The highest BCUT2D eigenvalue weighted by Crippen LogP contribution is 2.18. The predicted octanol–water partition coefficient (Wildman–Crippen LogP) is 3.65. The standard InChI is InChI=1S/C20H20ClN3O2/c21-16-4-1-14(2-5-16)12-24-13-23-18-11-15(3-6-19(18)24)20(25)22-9-7-17-8-10-26-17/h1-6,11,13,17H,7-10,12H2,(H,22,25)/t17-/m0/s1. The van der Waals surface area contributed by atoms with E-state index in [1.165, 1.54) is 0 Å². The maximum Gasteiger partial charge on any atom is 0.251 e. The number of benzene rings is 2. The second-order valence-electron chi connectivity index (χ2n) is 6.53. The number of fused-ring (bicyclic) bond motifs is 1. The molecule has 0 saturated carbocycles. The van der Waals surface area contributed by atoms with Crippen LogP contribution in [0.25, 0.3) is 11.0 Å². The molecule has 1 aliphatic heterocycles. The molecule has 0 unspecified atom stereocenters. The van der Waals surface area contributed by atoms with Gasteiger partial charge in [0.05, 0.1) is 23.5 Å². The van der Waals surface area contributed by atoms with Gasteiger partial charge >= 0.3 is 0 Å². The fourth-order valence-corrected chi connectivity index (χ4v) is 3.20. The summed E-state index contributed by atoms with van der Waals surface area (Å²) in [4.78, 5) is 16.8. The molecule has 0 aliphatic carbocycles. The fourth-order valence-electron chi connectivity index (χ4n) is 3.08. The van der Waals surface area contributed by atoms with Crippen LogP contribution in [0.3, 0.4) is 0 Å². The number of carbonyl (C=O) groups is 1. The highest BCUT2D eigenvalue weighted by molar-refractivity contribution is 6.30. The molecule has 1 N–H and O–H groups in total. The predicted molar refractivity (Wildman–Crippen MR) is 102 cm³/mol. The van der Waals surface area contributed by atoms with Crippen molar-refractivity contribution < 1.29 is 9.53 Å². The Kier molecular flexibility index (Phi) is 4.91. The van der Waals surface area contributed by atoms with E-state index in [0.717, 1.165) is 41.1 Å². The van der Waals surface area contributed by atoms with Crippen LogP contribution in [0.4, 0.5) is 0 Å². The first-order valence-electron chi connectivity index (χ1n) is 8.78. The first kappa shape index (κ1) is 17.1. The Morgan fingerprint density at radius 3 is 2.81 bits per heavy atom. The lowest BCUT2D eigenvalue weighted by atomic mass is 10.1. The van der Waals surface area contributed by atoms with Crippen molar-refractivity contribution in [3.63, 3.8) is 0 Å². The van der Waals surface area contributed by atoms with Gasteiger partial charge in [-0.3, -0.25) is 4.79 Å². The number of halogens is 1. The molecule has 134 valence electrons. The number of imidazole rings is 1. The molecular formula is C20H20ClN3O2. The van der Waals surface area contributed by atoms with Gasteiger partial charge < -0.3 is 14.6 Å². The summed E-state index contributed by atoms with van der Waals surface area (Å²) in [6, 6.07) is 13.4. The number of hydrogen-bond donors (Lipinski definition) is 1. The summed E-state index contributed by atoms with van der Waals surface area (Å²) >= 11 is 5.94. The first-order chi connectivity index (χ1) is 12.7. The molecule has 2 heterocycles. The summed E-state index contributed by atoms with van der Waals surface area (Å²) in [7, 11) is 0. The molecule has 3 aromatic rings. The van der Waals surface area contributed by atoms with E-state index in [-0.39, 0.29) is 5.91 Å². The molecule has 1 aromatic heterocycles. The number of amides is 1. The van der Waals surface area contributed by atoms with Gasteiger partial charge in [-0.1, -0.05) is 23.7 Å². The lowest BCUT2D eigenvalue weighted by Gasteiger charge is -2.26. The lowest BCUT2D eigenvalue weighted by molar-refractivity contribution is -0.0536. The average Bonchev–Trinajstić information content (AvgIpc) is 3.01. The minimum absolute atomic E-state index is 0.0709. The van der Waals surface area contributed by atoms with Crippen LogP contribution in [0, 0.1) is 0 Å². The molecule has 2 aromatic carbocycles. The number of nitrogens with one attached hydrogen (secondary N) is 1. The zero-order valence-corrected chi connectivity index (χ0v) is 15.1. The van der Waals surface area contributed by atoms with E-state index in [1.54, 1.807) is 6.33 Å². The van der Waals surface area contributed by atoms with E-state index < -0.39 is 0 Å². The van der Waals surface area contributed by atoms with Gasteiger partial charge in [0, 0.05) is 30.3 Å². The third kappa shape index (κ3) is 3.74. The van der Waals surface area contributed by atoms with Gasteiger partial charge in [0.1, 0.15) is 0 Å². The molecule has 1 atom stereocenters. The fraction of sp³-hybridized carbons (Fsp3) is 0.300. The topological polar surface area (TPSA) is 56.1 Å². The maximum atomic E-state index is 12.3. The second-order valence-corrected chi connectivity index (χ2v) is 6.96. The van der Waals surface area contributed by atoms with E-state index >= 15 is 0 Å². The summed E-state index contributed by atoms with van der Waals surface area (Å²) in [6.45, 7) is 2.18. The van der Waals surface area contributed by atoms with E-state index in [9.17, 15) is 4.79 Å². The van der Waals surface area contributed by atoms with Crippen LogP contribution >= 0.6 is 11.6 Å². The molecule has 26 heavy (non-hydrogen) atoms. The number of carbonyl (C=O) groups excluding carboxylic acids is 1. The number of nitrogens with zero attached hydrogens (tertiary/aromatic N) is 2. The molecule has 4 rings (SSSR count). The molecular weight excluding hydrogens is 350 g/mol. The summed E-state index contributed by atoms with van der Waals surface area (Å²) in [5.74, 6) is -0.0709. The van der Waals surface area contributed by atoms with Crippen LogP contribution in [0.15, 0.2) is 48.8 Å². The quantitative estimate of drug-likeness (QED) is 0.721. The van der Waals surface area contributed by atoms with E-state index in [2.05, 4.69) is 14.9 Å². The Balaban J connectivity index is 1.44. The van der Waals surface area contributed by atoms with Crippen molar-refractivity contribution in [1.82, 2.24) is 14.9 Å². The van der Waals surface area contributed by atoms with Gasteiger partial charge in [-0.15, -0.1) is 0 Å². The van der Waals surface area contributed by atoms with Crippen LogP contribution in [-0.2, 0) is 11.3 Å². The van der Waals surface area contributed by atoms with Gasteiger partial charge in [-0.05, 0) is 48.7 Å². The smallest absolute Gasteiger partial charge is 0.251 e. The van der Waals surface area contributed by atoms with Gasteiger partial charge in [-0.2, -0.15) is 0 Å². The third-order valence-corrected chi connectivity index (χ3v) is 4.95. The Labute approximate surface area is 156 Å². The van der Waals surface area contributed by atoms with Crippen molar-refractivity contribution in [2.24, 2.45) is 0 Å². The van der Waals surface area contributed by atoms with Crippen LogP contribution in [0.1, 0.15) is 28.8 Å². The zero-order valence-electron chi connectivity index (χ0n) is 14.3. The monoisotopic (exact) mass is 369 g/mol. The van der Waals surface area contributed by atoms with Crippen molar-refractivity contribution in [3.8, 4) is 0 Å². The van der Waals surface area contributed by atoms with Gasteiger partial charge in [-0.25, -0.2) is 4.98 Å². The summed E-state index contributed by atoms with van der Waals surface area (Å²) in [5, 5.41) is 3.67. The Hall–Kier alpha value is -2.37. The molecule has 1 aliphatic rings. The van der Waals surface area contributed by atoms with Crippen LogP contribution in [0.2, 0.25) is 5.02 Å². The molecule has 1 saturated heterocycles. The Bertz CT molecular complexity index is 916. The van der Waals surface area contributed by atoms with Crippen molar-refractivity contribution in [2.45, 2.75) is 25.5 Å². The maximum absolute atomic E-state index is 12.3. The average molecular weight is 370 g/mol. The van der Waals surface area contributed by atoms with Crippen molar-refractivity contribution >= 4 is 28.5 Å². The number of rotatable bonds is 6. The molecule has 1 amide bonds. The summed E-state index contributed by atoms with van der Waals surface area (Å²) < 4.78 is 7.43.